The zero-order valence-electron chi connectivity index (χ0n) is 9.95. The molecule has 18 heavy (non-hydrogen) atoms. The van der Waals surface area contributed by atoms with Gasteiger partial charge in [-0.05, 0) is 13.0 Å². The molecule has 2 N–H and O–H groups in total. The number of hydrogen-bond donors (Lipinski definition) is 1. The van der Waals surface area contributed by atoms with E-state index in [-0.39, 0.29) is 17.3 Å². The Morgan fingerprint density at radius 3 is 2.83 bits per heavy atom. The van der Waals surface area contributed by atoms with E-state index in [4.69, 9.17) is 10.5 Å². The van der Waals surface area contributed by atoms with E-state index in [1.165, 1.54) is 4.90 Å². The van der Waals surface area contributed by atoms with Crippen LogP contribution in [0.3, 0.4) is 0 Å². The maximum Gasteiger partial charge on any atom is 0.257 e. The average molecular weight is 256 g/mol. The summed E-state index contributed by atoms with van der Waals surface area (Å²) in [6, 6.07) is 1.53. The molecule has 1 heterocycles. The quantitative estimate of drug-likeness (QED) is 0.773. The molecule has 0 bridgehead atoms. The number of nitrogens with zero attached hydrogens (tertiary/aromatic N) is 1. The van der Waals surface area contributed by atoms with E-state index in [0.29, 0.717) is 25.8 Å². The highest BCUT2D eigenvalue weighted by Crippen LogP contribution is 2.20. The molecule has 1 fully saturated rings. The second-order valence-corrected chi connectivity index (χ2v) is 4.28. The molecule has 1 atom stereocenters. The fourth-order valence-corrected chi connectivity index (χ4v) is 1.91. The normalized spacial score (nSPS) is 19.9. The number of amides is 1. The van der Waals surface area contributed by atoms with Gasteiger partial charge in [0.2, 0.25) is 0 Å². The van der Waals surface area contributed by atoms with Gasteiger partial charge in [-0.25, -0.2) is 8.78 Å². The van der Waals surface area contributed by atoms with E-state index in [1.54, 1.807) is 0 Å². The predicted molar refractivity (Wildman–Crippen MR) is 62.1 cm³/mol. The maximum absolute atomic E-state index is 13.6. The van der Waals surface area contributed by atoms with E-state index in [2.05, 4.69) is 0 Å². The Morgan fingerprint density at radius 1 is 1.44 bits per heavy atom. The summed E-state index contributed by atoms with van der Waals surface area (Å²) in [5, 5.41) is 0. The highest BCUT2D eigenvalue weighted by Gasteiger charge is 2.27. The highest BCUT2D eigenvalue weighted by molar-refractivity contribution is 5.95. The third kappa shape index (κ3) is 2.28. The standard InChI is InChI=1S/C12H14F2N2O2/c1-7-6-18-3-2-16(7)12(17)8-4-11(15)10(14)5-9(8)13/h4-5,7H,2-3,6,15H2,1H3/t7-/m1/s1. The molecule has 1 aliphatic heterocycles. The number of nitrogens with two attached hydrogens (primary N) is 1. The van der Waals surface area contributed by atoms with Crippen LogP contribution in [0.4, 0.5) is 14.5 Å². The summed E-state index contributed by atoms with van der Waals surface area (Å²) in [4.78, 5) is 13.6. The van der Waals surface area contributed by atoms with Gasteiger partial charge in [-0.3, -0.25) is 4.79 Å². The third-order valence-corrected chi connectivity index (χ3v) is 2.95. The fourth-order valence-electron chi connectivity index (χ4n) is 1.91. The van der Waals surface area contributed by atoms with Crippen molar-refractivity contribution in [3.63, 3.8) is 0 Å². The molecule has 0 radical (unpaired) electrons. The second kappa shape index (κ2) is 4.89. The minimum Gasteiger partial charge on any atom is -0.396 e. The minimum atomic E-state index is -0.898. The second-order valence-electron chi connectivity index (χ2n) is 4.28. The molecule has 0 unspecified atom stereocenters. The van der Waals surface area contributed by atoms with Crippen LogP contribution >= 0.6 is 0 Å². The lowest BCUT2D eigenvalue weighted by Gasteiger charge is -2.33. The van der Waals surface area contributed by atoms with Gasteiger partial charge in [0.15, 0.2) is 0 Å². The number of hydrogen-bond acceptors (Lipinski definition) is 3. The topological polar surface area (TPSA) is 55.6 Å². The molecule has 0 saturated carbocycles. The van der Waals surface area contributed by atoms with Crippen LogP contribution in [0.1, 0.15) is 17.3 Å². The number of carbonyl (C=O) groups is 1. The van der Waals surface area contributed by atoms with E-state index >= 15 is 0 Å². The first-order valence-corrected chi connectivity index (χ1v) is 5.64. The molecule has 1 aromatic rings. The van der Waals surface area contributed by atoms with Crippen LogP contribution in [0.25, 0.3) is 0 Å². The number of halogens is 2. The zero-order valence-corrected chi connectivity index (χ0v) is 9.95. The van der Waals surface area contributed by atoms with Gasteiger partial charge in [-0.1, -0.05) is 0 Å². The van der Waals surface area contributed by atoms with E-state index in [1.807, 2.05) is 6.92 Å². The zero-order chi connectivity index (χ0) is 13.3. The molecular formula is C12H14F2N2O2. The van der Waals surface area contributed by atoms with Crippen molar-refractivity contribution in [3.8, 4) is 0 Å². The van der Waals surface area contributed by atoms with Gasteiger partial charge in [0, 0.05) is 12.6 Å². The van der Waals surface area contributed by atoms with Crippen LogP contribution in [-0.2, 0) is 4.74 Å². The molecule has 0 aromatic heterocycles. The van der Waals surface area contributed by atoms with Gasteiger partial charge >= 0.3 is 0 Å². The average Bonchev–Trinajstić information content (AvgIpc) is 2.33. The van der Waals surface area contributed by atoms with Crippen LogP contribution in [-0.4, -0.2) is 36.6 Å². The van der Waals surface area contributed by atoms with Crippen LogP contribution in [0, 0.1) is 11.6 Å². The number of benzene rings is 1. The van der Waals surface area contributed by atoms with Crippen LogP contribution < -0.4 is 5.73 Å². The van der Waals surface area contributed by atoms with Crippen molar-refractivity contribution in [2.45, 2.75) is 13.0 Å². The number of rotatable bonds is 1. The molecule has 6 heteroatoms. The Hall–Kier alpha value is -1.69. The fraction of sp³-hybridized carbons (Fsp3) is 0.417. The number of anilines is 1. The van der Waals surface area contributed by atoms with Crippen molar-refractivity contribution in [2.24, 2.45) is 0 Å². The molecule has 1 aromatic carbocycles. The first-order valence-electron chi connectivity index (χ1n) is 5.64. The SMILES string of the molecule is C[C@@H]1COCCN1C(=O)c1cc(N)c(F)cc1F. The number of nitrogen functional groups attached to an aromatic ring is 1. The Kier molecular flexibility index (Phi) is 3.47. The minimum absolute atomic E-state index is 0.142. The van der Waals surface area contributed by atoms with Gasteiger partial charge < -0.3 is 15.4 Å². The molecule has 4 nitrogen and oxygen atoms in total. The molecule has 1 amide bonds. The van der Waals surface area contributed by atoms with Crippen LogP contribution in [0.2, 0.25) is 0 Å². The van der Waals surface area contributed by atoms with E-state index < -0.39 is 17.5 Å². The summed E-state index contributed by atoms with van der Waals surface area (Å²) in [5.41, 5.74) is 4.91. The van der Waals surface area contributed by atoms with Crippen molar-refractivity contribution >= 4 is 11.6 Å². The summed E-state index contributed by atoms with van der Waals surface area (Å²) in [5.74, 6) is -2.25. The largest absolute Gasteiger partial charge is 0.396 e. The summed E-state index contributed by atoms with van der Waals surface area (Å²) >= 11 is 0. The smallest absolute Gasteiger partial charge is 0.257 e. The van der Waals surface area contributed by atoms with E-state index in [0.717, 1.165) is 6.07 Å². The molecular weight excluding hydrogens is 242 g/mol. The van der Waals surface area contributed by atoms with E-state index in [9.17, 15) is 13.6 Å². The third-order valence-electron chi connectivity index (χ3n) is 2.95. The van der Waals surface area contributed by atoms with Crippen molar-refractivity contribution in [2.75, 3.05) is 25.5 Å². The lowest BCUT2D eigenvalue weighted by Crippen LogP contribution is -2.47. The van der Waals surface area contributed by atoms with Crippen molar-refractivity contribution in [1.82, 2.24) is 4.90 Å². The van der Waals surface area contributed by atoms with Gasteiger partial charge in [0.1, 0.15) is 11.6 Å². The highest BCUT2D eigenvalue weighted by atomic mass is 19.1. The molecule has 0 aliphatic carbocycles. The van der Waals surface area contributed by atoms with Crippen LogP contribution in [0.5, 0.6) is 0 Å². The molecule has 0 spiro atoms. The van der Waals surface area contributed by atoms with Gasteiger partial charge in [-0.15, -0.1) is 0 Å². The predicted octanol–water partition coefficient (Wildman–Crippen LogP) is 1.41. The Labute approximate surface area is 103 Å². The maximum atomic E-state index is 13.6. The number of morpholine rings is 1. The van der Waals surface area contributed by atoms with Gasteiger partial charge in [0.25, 0.3) is 5.91 Å². The Morgan fingerprint density at radius 2 is 2.17 bits per heavy atom. The number of ether oxygens (including phenoxy) is 1. The first kappa shape index (κ1) is 12.8. The summed E-state index contributed by atoms with van der Waals surface area (Å²) in [6.07, 6.45) is 0. The Balaban J connectivity index is 2.30. The summed E-state index contributed by atoms with van der Waals surface area (Å²) < 4.78 is 31.8. The molecule has 2 rings (SSSR count). The number of carbonyl (C=O) groups excluding carboxylic acids is 1. The molecule has 1 aliphatic rings. The lowest BCUT2D eigenvalue weighted by atomic mass is 10.1. The van der Waals surface area contributed by atoms with Crippen molar-refractivity contribution in [1.29, 1.82) is 0 Å². The molecule has 98 valence electrons. The monoisotopic (exact) mass is 256 g/mol. The van der Waals surface area contributed by atoms with Gasteiger partial charge in [-0.2, -0.15) is 0 Å². The molecule has 1 saturated heterocycles. The van der Waals surface area contributed by atoms with Crippen LogP contribution in [0.15, 0.2) is 12.1 Å². The first-order chi connectivity index (χ1) is 8.50. The summed E-state index contributed by atoms with van der Waals surface area (Å²) in [6.45, 7) is 3.01. The van der Waals surface area contributed by atoms with Crippen molar-refractivity contribution < 1.29 is 18.3 Å². The van der Waals surface area contributed by atoms with Crippen molar-refractivity contribution in [3.05, 3.63) is 29.3 Å². The lowest BCUT2D eigenvalue weighted by molar-refractivity contribution is 0.00335. The summed E-state index contributed by atoms with van der Waals surface area (Å²) in [7, 11) is 0. The van der Waals surface area contributed by atoms with Gasteiger partial charge in [0.05, 0.1) is 30.5 Å². The Bertz CT molecular complexity index is 479.